The van der Waals surface area contributed by atoms with Gasteiger partial charge in [0.2, 0.25) is 11.8 Å². The lowest BCUT2D eigenvalue weighted by molar-refractivity contribution is -0.136. The average Bonchev–Trinajstić information content (AvgIpc) is 3.57. The molecule has 2 aliphatic heterocycles. The van der Waals surface area contributed by atoms with E-state index in [0.717, 1.165) is 29.8 Å². The monoisotopic (exact) mass is 568 g/mol. The van der Waals surface area contributed by atoms with Crippen LogP contribution in [0.1, 0.15) is 29.5 Å². The molecule has 0 saturated carbocycles. The second-order valence-corrected chi connectivity index (χ2v) is 11.0. The second kappa shape index (κ2) is 14.0. The van der Waals surface area contributed by atoms with Crippen molar-refractivity contribution < 1.29 is 14.4 Å². The summed E-state index contributed by atoms with van der Waals surface area (Å²) in [4.78, 5) is 44.5. The molecular weight excluding hydrogens is 528 g/mol. The van der Waals surface area contributed by atoms with Crippen molar-refractivity contribution in [2.24, 2.45) is 0 Å². The van der Waals surface area contributed by atoms with E-state index in [9.17, 15) is 14.4 Å². The Morgan fingerprint density at radius 3 is 2.24 bits per heavy atom. The van der Waals surface area contributed by atoms with Crippen LogP contribution in [0.2, 0.25) is 0 Å². The van der Waals surface area contributed by atoms with Gasteiger partial charge >= 0.3 is 6.03 Å². The Kier molecular flexibility index (Phi) is 9.71. The quantitative estimate of drug-likeness (QED) is 0.435. The summed E-state index contributed by atoms with van der Waals surface area (Å²) < 4.78 is 0. The van der Waals surface area contributed by atoms with Gasteiger partial charge in [0.1, 0.15) is 6.04 Å². The van der Waals surface area contributed by atoms with Crippen molar-refractivity contribution in [3.8, 4) is 0 Å². The number of nitrogens with one attached hydrogen (secondary N) is 2. The van der Waals surface area contributed by atoms with Gasteiger partial charge in [-0.3, -0.25) is 14.6 Å². The zero-order valence-electron chi connectivity index (χ0n) is 24.2. The van der Waals surface area contributed by atoms with E-state index in [-0.39, 0.29) is 24.4 Å². The summed E-state index contributed by atoms with van der Waals surface area (Å²) in [5.74, 6) is -0.429. The molecule has 0 aliphatic carbocycles. The maximum Gasteiger partial charge on any atom is 0.331 e. The number of carbonyl (C=O) groups is 3. The largest absolute Gasteiger partial charge is 0.372 e. The first-order valence-corrected chi connectivity index (χ1v) is 14.7. The van der Waals surface area contributed by atoms with Gasteiger partial charge in [0, 0.05) is 58.4 Å². The number of amides is 4. The van der Waals surface area contributed by atoms with E-state index in [0.29, 0.717) is 32.6 Å². The summed E-state index contributed by atoms with van der Waals surface area (Å²) >= 11 is 0. The predicted molar refractivity (Wildman–Crippen MR) is 163 cm³/mol. The maximum atomic E-state index is 14.0. The molecule has 2 N–H and O–H groups in total. The molecular formula is C33H40N6O3. The van der Waals surface area contributed by atoms with E-state index in [1.54, 1.807) is 12.1 Å². The van der Waals surface area contributed by atoms with Gasteiger partial charge in [0.05, 0.1) is 6.54 Å². The van der Waals surface area contributed by atoms with E-state index < -0.39 is 6.04 Å². The van der Waals surface area contributed by atoms with Gasteiger partial charge in [0.15, 0.2) is 0 Å². The van der Waals surface area contributed by atoms with Gasteiger partial charge in [-0.25, -0.2) is 9.80 Å². The highest BCUT2D eigenvalue weighted by molar-refractivity contribution is 5.89. The van der Waals surface area contributed by atoms with Crippen LogP contribution in [0, 0.1) is 0 Å². The summed E-state index contributed by atoms with van der Waals surface area (Å²) in [7, 11) is 1.65. The summed E-state index contributed by atoms with van der Waals surface area (Å²) in [6.45, 7) is 3.55. The van der Waals surface area contributed by atoms with Crippen LogP contribution in [0.4, 0.5) is 10.5 Å². The highest BCUT2D eigenvalue weighted by Crippen LogP contribution is 2.22. The maximum absolute atomic E-state index is 14.0. The van der Waals surface area contributed by atoms with Gasteiger partial charge in [-0.1, -0.05) is 72.8 Å². The van der Waals surface area contributed by atoms with Crippen LogP contribution in [0.15, 0.2) is 84.9 Å². The van der Waals surface area contributed by atoms with Crippen molar-refractivity contribution in [1.82, 2.24) is 25.6 Å². The third-order valence-corrected chi connectivity index (χ3v) is 7.94. The number of nitrogens with zero attached hydrogens (tertiary/aromatic N) is 4. The van der Waals surface area contributed by atoms with Crippen molar-refractivity contribution in [2.75, 3.05) is 44.7 Å². The van der Waals surface area contributed by atoms with Crippen LogP contribution in [0.5, 0.6) is 0 Å². The minimum absolute atomic E-state index is 0.0356. The lowest BCUT2D eigenvalue weighted by atomic mass is 10.0. The predicted octanol–water partition coefficient (Wildman–Crippen LogP) is 3.42. The number of anilines is 1. The number of rotatable bonds is 8. The molecule has 2 fully saturated rings. The molecule has 0 unspecified atom stereocenters. The third-order valence-electron chi connectivity index (χ3n) is 7.94. The summed E-state index contributed by atoms with van der Waals surface area (Å²) in [6, 6.07) is 26.8. The molecule has 0 bridgehead atoms. The van der Waals surface area contributed by atoms with Gasteiger partial charge in [-0.2, -0.15) is 0 Å². The van der Waals surface area contributed by atoms with E-state index in [1.165, 1.54) is 23.5 Å². The molecule has 3 aromatic carbocycles. The summed E-state index contributed by atoms with van der Waals surface area (Å²) in [5, 5.41) is 9.03. The van der Waals surface area contributed by atoms with Crippen molar-refractivity contribution in [1.29, 1.82) is 0 Å². The Bertz CT molecular complexity index is 1350. The molecule has 0 radical (unpaired) electrons. The van der Waals surface area contributed by atoms with Gasteiger partial charge in [0.25, 0.3) is 0 Å². The Morgan fingerprint density at radius 2 is 1.52 bits per heavy atom. The van der Waals surface area contributed by atoms with Crippen molar-refractivity contribution in [3.63, 3.8) is 0 Å². The van der Waals surface area contributed by atoms with Crippen molar-refractivity contribution >= 4 is 23.5 Å². The Labute approximate surface area is 248 Å². The van der Waals surface area contributed by atoms with Gasteiger partial charge < -0.3 is 20.4 Å². The minimum Gasteiger partial charge on any atom is -0.372 e. The molecule has 4 amide bonds. The smallest absolute Gasteiger partial charge is 0.331 e. The lowest BCUT2D eigenvalue weighted by Gasteiger charge is -2.32. The first kappa shape index (κ1) is 29.1. The molecule has 0 spiro atoms. The van der Waals surface area contributed by atoms with E-state index >= 15 is 0 Å². The van der Waals surface area contributed by atoms with Crippen LogP contribution in [0.25, 0.3) is 0 Å². The van der Waals surface area contributed by atoms with Crippen LogP contribution < -0.4 is 15.5 Å². The molecule has 2 heterocycles. The highest BCUT2D eigenvalue weighted by atomic mass is 16.2. The van der Waals surface area contributed by atoms with E-state index in [4.69, 9.17) is 0 Å². The van der Waals surface area contributed by atoms with Crippen molar-refractivity contribution in [3.05, 3.63) is 102 Å². The molecule has 2 aliphatic rings. The molecule has 42 heavy (non-hydrogen) atoms. The molecule has 1 atom stereocenters. The number of hydrogen-bond donors (Lipinski definition) is 2. The topological polar surface area (TPSA) is 88.2 Å². The molecule has 0 aromatic heterocycles. The Balaban J connectivity index is 1.34. The normalized spacial score (nSPS) is 18.2. The molecule has 5 rings (SSSR count). The number of urea groups is 1. The zero-order valence-corrected chi connectivity index (χ0v) is 24.2. The van der Waals surface area contributed by atoms with Crippen molar-refractivity contribution in [2.45, 2.75) is 38.4 Å². The molecule has 9 heteroatoms. The lowest BCUT2D eigenvalue weighted by Crippen LogP contribution is -2.53. The fourth-order valence-electron chi connectivity index (χ4n) is 5.58. The summed E-state index contributed by atoms with van der Waals surface area (Å²) in [5.41, 5.74) is 4.17. The standard InChI is InChI=1S/C33H40N6O3/c1-36(33(42)34-23-27-13-6-3-7-14-27)39-20-19-38(24-28-15-10-16-29(21-28)37-17-8-9-18-37)32(41)30(35-31(40)25-39)22-26-11-4-2-5-12-26/h2-7,10-16,21,30H,8-9,17-20,22-25H2,1H3,(H,34,42)(H,35,40)/t30-/m0/s1. The number of hydrazine groups is 1. The Hall–Kier alpha value is -4.37. The summed E-state index contributed by atoms with van der Waals surface area (Å²) in [6.07, 6.45) is 2.78. The fraction of sp³-hybridized carbons (Fsp3) is 0.364. The first-order chi connectivity index (χ1) is 20.5. The number of hydrogen-bond acceptors (Lipinski definition) is 5. The second-order valence-electron chi connectivity index (χ2n) is 11.0. The molecule has 220 valence electrons. The first-order valence-electron chi connectivity index (χ1n) is 14.7. The average molecular weight is 569 g/mol. The van der Waals surface area contributed by atoms with E-state index in [2.05, 4.69) is 27.7 Å². The third kappa shape index (κ3) is 7.67. The van der Waals surface area contributed by atoms with Crippen LogP contribution in [-0.2, 0) is 29.1 Å². The minimum atomic E-state index is -0.709. The van der Waals surface area contributed by atoms with E-state index in [1.807, 2.05) is 77.7 Å². The molecule has 2 saturated heterocycles. The van der Waals surface area contributed by atoms with Gasteiger partial charge in [-0.15, -0.1) is 0 Å². The highest BCUT2D eigenvalue weighted by Gasteiger charge is 2.31. The van der Waals surface area contributed by atoms with Crippen LogP contribution >= 0.6 is 0 Å². The fourth-order valence-corrected chi connectivity index (χ4v) is 5.58. The Morgan fingerprint density at radius 1 is 0.857 bits per heavy atom. The molecule has 3 aromatic rings. The SMILES string of the molecule is CN(C(=O)NCc1ccccc1)N1CCN(Cc2cccc(N3CCCC3)c2)C(=O)[C@H](Cc2ccccc2)NC(=O)C1. The van der Waals surface area contributed by atoms with Crippen LogP contribution in [-0.4, -0.2) is 78.6 Å². The number of carbonyl (C=O) groups excluding carboxylic acids is 3. The van der Waals surface area contributed by atoms with Gasteiger partial charge in [-0.05, 0) is 41.7 Å². The molecule has 9 nitrogen and oxygen atoms in total. The van der Waals surface area contributed by atoms with Crippen LogP contribution in [0.3, 0.4) is 0 Å². The number of benzene rings is 3. The zero-order chi connectivity index (χ0) is 29.3.